The van der Waals surface area contributed by atoms with Crippen molar-refractivity contribution in [3.63, 3.8) is 0 Å². The van der Waals surface area contributed by atoms with E-state index in [1.165, 1.54) is 0 Å². The van der Waals surface area contributed by atoms with Crippen LogP contribution in [0.1, 0.15) is 26.3 Å². The van der Waals surface area contributed by atoms with Gasteiger partial charge in [-0.1, -0.05) is 32.4 Å². The molecular formula is C10H13ClOS. The minimum absolute atomic E-state index is 0.0226. The first-order valence-electron chi connectivity index (χ1n) is 4.04. The maximum Gasteiger partial charge on any atom is 0.147 e. The maximum atomic E-state index is 9.39. The highest BCUT2D eigenvalue weighted by atomic mass is 35.5. The second-order valence-electron chi connectivity index (χ2n) is 4.08. The molecule has 13 heavy (non-hydrogen) atoms. The summed E-state index contributed by atoms with van der Waals surface area (Å²) in [6.45, 7) is 6.26. The van der Waals surface area contributed by atoms with Crippen LogP contribution in [0.25, 0.3) is 0 Å². The Morgan fingerprint density at radius 3 is 2.23 bits per heavy atom. The van der Waals surface area contributed by atoms with Gasteiger partial charge in [-0.2, -0.15) is 0 Å². The zero-order valence-corrected chi connectivity index (χ0v) is 9.58. The smallest absolute Gasteiger partial charge is 0.147 e. The van der Waals surface area contributed by atoms with Gasteiger partial charge < -0.3 is 5.11 Å². The first kappa shape index (κ1) is 10.7. The van der Waals surface area contributed by atoms with Gasteiger partial charge >= 0.3 is 0 Å². The fourth-order valence-electron chi connectivity index (χ4n) is 1.02. The van der Waals surface area contributed by atoms with Gasteiger partial charge in [0.05, 0.1) is 5.02 Å². The molecule has 0 amide bonds. The van der Waals surface area contributed by atoms with E-state index in [2.05, 4.69) is 33.4 Å². The molecule has 1 aromatic rings. The van der Waals surface area contributed by atoms with Gasteiger partial charge in [0.2, 0.25) is 0 Å². The Hall–Kier alpha value is -0.340. The summed E-state index contributed by atoms with van der Waals surface area (Å²) in [5.74, 6) is 0.0537. The van der Waals surface area contributed by atoms with Crippen molar-refractivity contribution in [1.82, 2.24) is 0 Å². The lowest BCUT2D eigenvalue weighted by Crippen LogP contribution is -2.10. The van der Waals surface area contributed by atoms with Gasteiger partial charge in [-0.3, -0.25) is 0 Å². The Morgan fingerprint density at radius 2 is 1.85 bits per heavy atom. The van der Waals surface area contributed by atoms with Gasteiger partial charge in [0, 0.05) is 4.90 Å². The second kappa shape index (κ2) is 3.43. The highest BCUT2D eigenvalue weighted by Crippen LogP contribution is 2.35. The third kappa shape index (κ3) is 2.32. The summed E-state index contributed by atoms with van der Waals surface area (Å²) in [5, 5.41) is 9.75. The number of aromatic hydroxyl groups is 1. The third-order valence-corrected chi connectivity index (χ3v) is 2.54. The number of phenols is 1. The molecule has 1 nitrogen and oxygen atoms in total. The van der Waals surface area contributed by atoms with Crippen molar-refractivity contribution in [2.24, 2.45) is 0 Å². The molecule has 1 rings (SSSR count). The summed E-state index contributed by atoms with van der Waals surface area (Å²) in [6, 6.07) is 3.61. The van der Waals surface area contributed by atoms with Gasteiger partial charge in [-0.05, 0) is 23.1 Å². The molecule has 3 heteroatoms. The lowest BCUT2D eigenvalue weighted by Gasteiger charge is -2.20. The van der Waals surface area contributed by atoms with Crippen LogP contribution in [0.15, 0.2) is 17.0 Å². The average molecular weight is 217 g/mol. The number of phenolic OH excluding ortho intramolecular Hbond substituents is 1. The Balaban J connectivity index is 3.29. The van der Waals surface area contributed by atoms with E-state index in [0.29, 0.717) is 9.92 Å². The molecule has 0 fully saturated rings. The Morgan fingerprint density at radius 1 is 1.31 bits per heavy atom. The summed E-state index contributed by atoms with van der Waals surface area (Å²) in [6.07, 6.45) is 0. The van der Waals surface area contributed by atoms with Crippen molar-refractivity contribution in [2.75, 3.05) is 0 Å². The molecule has 0 aliphatic carbocycles. The van der Waals surface area contributed by atoms with Gasteiger partial charge in [-0.15, -0.1) is 12.6 Å². The van der Waals surface area contributed by atoms with Gasteiger partial charge in [0.15, 0.2) is 0 Å². The van der Waals surface area contributed by atoms with E-state index in [0.717, 1.165) is 5.56 Å². The molecule has 1 aromatic carbocycles. The molecule has 1 N–H and O–H groups in total. The topological polar surface area (TPSA) is 20.2 Å². The Kier molecular flexibility index (Phi) is 2.83. The molecule has 0 bridgehead atoms. The average Bonchev–Trinajstić information content (AvgIpc) is 1.97. The molecule has 0 aliphatic rings. The Bertz CT molecular complexity index is 305. The standard InChI is InChI=1S/C10H13ClOS/c1-10(2,3)6-4-7(11)9(12)8(13)5-6/h4-5,12-13H,1-3H3. The zero-order chi connectivity index (χ0) is 10.2. The second-order valence-corrected chi connectivity index (χ2v) is 4.96. The minimum atomic E-state index is 0.0226. The number of halogens is 1. The number of hydrogen-bond donors (Lipinski definition) is 2. The summed E-state index contributed by atoms with van der Waals surface area (Å²) in [7, 11) is 0. The van der Waals surface area contributed by atoms with Crippen molar-refractivity contribution >= 4 is 24.2 Å². The van der Waals surface area contributed by atoms with E-state index in [4.69, 9.17) is 11.6 Å². The van der Waals surface area contributed by atoms with Crippen molar-refractivity contribution in [3.8, 4) is 5.75 Å². The van der Waals surface area contributed by atoms with E-state index in [9.17, 15) is 5.11 Å². The van der Waals surface area contributed by atoms with E-state index < -0.39 is 0 Å². The highest BCUT2D eigenvalue weighted by molar-refractivity contribution is 7.80. The van der Waals surface area contributed by atoms with Gasteiger partial charge in [0.1, 0.15) is 5.75 Å². The molecular weight excluding hydrogens is 204 g/mol. The minimum Gasteiger partial charge on any atom is -0.505 e. The molecule has 72 valence electrons. The summed E-state index contributed by atoms with van der Waals surface area (Å²) < 4.78 is 0. The fourth-order valence-corrected chi connectivity index (χ4v) is 1.56. The summed E-state index contributed by atoms with van der Waals surface area (Å²) >= 11 is 9.96. The van der Waals surface area contributed by atoms with Crippen molar-refractivity contribution in [3.05, 3.63) is 22.7 Å². The van der Waals surface area contributed by atoms with Crippen LogP contribution in [-0.4, -0.2) is 5.11 Å². The van der Waals surface area contributed by atoms with Crippen LogP contribution in [0.5, 0.6) is 5.75 Å². The molecule has 0 saturated carbocycles. The highest BCUT2D eigenvalue weighted by Gasteiger charge is 2.16. The molecule has 0 spiro atoms. The van der Waals surface area contributed by atoms with Crippen LogP contribution in [-0.2, 0) is 5.41 Å². The van der Waals surface area contributed by atoms with Crippen molar-refractivity contribution < 1.29 is 5.11 Å². The molecule has 0 aromatic heterocycles. The molecule has 0 radical (unpaired) electrons. The molecule has 0 heterocycles. The summed E-state index contributed by atoms with van der Waals surface area (Å²) in [4.78, 5) is 0.525. The van der Waals surface area contributed by atoms with Gasteiger partial charge in [-0.25, -0.2) is 0 Å². The normalized spacial score (nSPS) is 11.8. The number of thiol groups is 1. The SMILES string of the molecule is CC(C)(C)c1cc(S)c(O)c(Cl)c1. The molecule has 0 atom stereocenters. The first-order valence-corrected chi connectivity index (χ1v) is 4.87. The molecule has 0 aliphatic heterocycles. The van der Waals surface area contributed by atoms with E-state index in [1.807, 2.05) is 6.07 Å². The number of rotatable bonds is 0. The first-order chi connectivity index (χ1) is 5.82. The quantitative estimate of drug-likeness (QED) is 0.635. The van der Waals surface area contributed by atoms with Crippen LogP contribution in [0.4, 0.5) is 0 Å². The summed E-state index contributed by atoms with van der Waals surface area (Å²) in [5.41, 5.74) is 1.09. The largest absolute Gasteiger partial charge is 0.505 e. The van der Waals surface area contributed by atoms with Crippen LogP contribution >= 0.6 is 24.2 Å². The number of hydrogen-bond acceptors (Lipinski definition) is 2. The van der Waals surface area contributed by atoms with E-state index >= 15 is 0 Å². The van der Waals surface area contributed by atoms with E-state index in [-0.39, 0.29) is 11.2 Å². The van der Waals surface area contributed by atoms with Crippen molar-refractivity contribution in [2.45, 2.75) is 31.1 Å². The number of benzene rings is 1. The van der Waals surface area contributed by atoms with Crippen LogP contribution in [0, 0.1) is 0 Å². The van der Waals surface area contributed by atoms with Crippen LogP contribution in [0.3, 0.4) is 0 Å². The lowest BCUT2D eigenvalue weighted by atomic mass is 9.87. The van der Waals surface area contributed by atoms with Crippen molar-refractivity contribution in [1.29, 1.82) is 0 Å². The van der Waals surface area contributed by atoms with Crippen LogP contribution < -0.4 is 0 Å². The fraction of sp³-hybridized carbons (Fsp3) is 0.400. The molecule has 0 saturated heterocycles. The lowest BCUT2D eigenvalue weighted by molar-refractivity contribution is 0.461. The third-order valence-electron chi connectivity index (χ3n) is 1.91. The zero-order valence-electron chi connectivity index (χ0n) is 7.93. The monoisotopic (exact) mass is 216 g/mol. The predicted octanol–water partition coefficient (Wildman–Crippen LogP) is 3.63. The molecule has 0 unspecified atom stereocenters. The predicted molar refractivity (Wildman–Crippen MR) is 59.1 cm³/mol. The Labute approximate surface area is 89.1 Å². The maximum absolute atomic E-state index is 9.39. The van der Waals surface area contributed by atoms with Gasteiger partial charge in [0.25, 0.3) is 0 Å². The van der Waals surface area contributed by atoms with E-state index in [1.54, 1.807) is 6.07 Å². The van der Waals surface area contributed by atoms with Crippen LogP contribution in [0.2, 0.25) is 5.02 Å².